The second-order valence-corrected chi connectivity index (χ2v) is 4.78. The fraction of sp³-hybridized carbons (Fsp3) is 0.143. The van der Waals surface area contributed by atoms with Crippen LogP contribution in [-0.4, -0.2) is 17.4 Å². The molecule has 1 N–H and O–H groups in total. The third-order valence-corrected chi connectivity index (χ3v) is 3.37. The van der Waals surface area contributed by atoms with E-state index in [-0.39, 0.29) is 18.1 Å². The van der Waals surface area contributed by atoms with Crippen LogP contribution in [0.15, 0.2) is 42.3 Å². The van der Waals surface area contributed by atoms with Crippen LogP contribution in [0.1, 0.15) is 5.69 Å². The molecule has 5 heteroatoms. The Morgan fingerprint density at radius 2 is 2.16 bits per heavy atom. The van der Waals surface area contributed by atoms with E-state index >= 15 is 0 Å². The largest absolute Gasteiger partial charge is 0.352 e. The lowest BCUT2D eigenvalue weighted by molar-refractivity contribution is -0.120. The fourth-order valence-corrected chi connectivity index (χ4v) is 2.35. The van der Waals surface area contributed by atoms with Crippen LogP contribution in [0.4, 0.5) is 4.39 Å². The first-order valence-corrected chi connectivity index (χ1v) is 6.65. The normalized spacial score (nSPS) is 10.2. The van der Waals surface area contributed by atoms with Crippen molar-refractivity contribution >= 4 is 17.2 Å². The number of carbonyl (C=O) groups excluding carboxylic acids is 1. The van der Waals surface area contributed by atoms with Crippen LogP contribution >= 0.6 is 11.3 Å². The number of rotatable bonds is 5. The topological polar surface area (TPSA) is 42.0 Å². The predicted octanol–water partition coefficient (Wildman–Crippen LogP) is 2.79. The maximum Gasteiger partial charge on any atom is 0.226 e. The minimum atomic E-state index is -0.274. The first kappa shape index (κ1) is 13.4. The van der Waals surface area contributed by atoms with Crippen LogP contribution in [0, 0.1) is 5.82 Å². The zero-order chi connectivity index (χ0) is 13.7. The highest BCUT2D eigenvalue weighted by molar-refractivity contribution is 7.13. The number of hydrogen-bond donors (Lipinski definition) is 1. The van der Waals surface area contributed by atoms with Crippen LogP contribution in [-0.2, 0) is 11.2 Å². The molecule has 2 rings (SSSR count). The molecule has 0 radical (unpaired) electrons. The van der Waals surface area contributed by atoms with Gasteiger partial charge in [-0.25, -0.2) is 9.37 Å². The van der Waals surface area contributed by atoms with Crippen molar-refractivity contribution < 1.29 is 9.18 Å². The molecule has 0 aliphatic carbocycles. The smallest absolute Gasteiger partial charge is 0.226 e. The maximum absolute atomic E-state index is 12.8. The number of aromatic nitrogens is 1. The minimum Gasteiger partial charge on any atom is -0.352 e. The first-order valence-electron chi connectivity index (χ1n) is 5.77. The highest BCUT2D eigenvalue weighted by Crippen LogP contribution is 2.23. The van der Waals surface area contributed by atoms with Crippen molar-refractivity contribution in [3.8, 4) is 10.6 Å². The molecular weight excluding hydrogens is 263 g/mol. The van der Waals surface area contributed by atoms with Crippen LogP contribution in [0.3, 0.4) is 0 Å². The Hall–Kier alpha value is -2.01. The van der Waals surface area contributed by atoms with E-state index in [2.05, 4.69) is 16.9 Å². The highest BCUT2D eigenvalue weighted by Gasteiger charge is 2.08. The van der Waals surface area contributed by atoms with Gasteiger partial charge in [0, 0.05) is 17.5 Å². The molecule has 0 saturated heterocycles. The molecule has 1 amide bonds. The van der Waals surface area contributed by atoms with Gasteiger partial charge in [0.15, 0.2) is 0 Å². The fourth-order valence-electron chi connectivity index (χ4n) is 1.53. The standard InChI is InChI=1S/C14H13FN2OS/c1-2-7-16-13(18)8-12-9-19-14(17-12)10-3-5-11(15)6-4-10/h2-6,9H,1,7-8H2,(H,16,18). The Morgan fingerprint density at radius 3 is 2.84 bits per heavy atom. The van der Waals surface area contributed by atoms with Gasteiger partial charge in [0.1, 0.15) is 10.8 Å². The minimum absolute atomic E-state index is 0.0872. The van der Waals surface area contributed by atoms with Gasteiger partial charge in [-0.05, 0) is 24.3 Å². The molecule has 0 aliphatic heterocycles. The van der Waals surface area contributed by atoms with Crippen LogP contribution in [0.5, 0.6) is 0 Å². The zero-order valence-electron chi connectivity index (χ0n) is 10.2. The summed E-state index contributed by atoms with van der Waals surface area (Å²) in [6.45, 7) is 3.98. The van der Waals surface area contributed by atoms with E-state index in [1.54, 1.807) is 18.2 Å². The van der Waals surface area contributed by atoms with Crippen molar-refractivity contribution in [2.75, 3.05) is 6.54 Å². The van der Waals surface area contributed by atoms with Gasteiger partial charge in [-0.2, -0.15) is 0 Å². The highest BCUT2D eigenvalue weighted by atomic mass is 32.1. The Bertz CT molecular complexity index is 577. The molecule has 0 aliphatic rings. The number of hydrogen-bond acceptors (Lipinski definition) is 3. The lowest BCUT2D eigenvalue weighted by atomic mass is 10.2. The molecular formula is C14H13FN2OS. The van der Waals surface area contributed by atoms with E-state index in [1.165, 1.54) is 23.5 Å². The quantitative estimate of drug-likeness (QED) is 0.853. The molecule has 3 nitrogen and oxygen atoms in total. The molecule has 0 fully saturated rings. The van der Waals surface area contributed by atoms with E-state index in [9.17, 15) is 9.18 Å². The molecule has 1 aromatic carbocycles. The van der Waals surface area contributed by atoms with Gasteiger partial charge in [-0.15, -0.1) is 17.9 Å². The van der Waals surface area contributed by atoms with E-state index in [4.69, 9.17) is 0 Å². The van der Waals surface area contributed by atoms with Crippen molar-refractivity contribution in [1.82, 2.24) is 10.3 Å². The van der Waals surface area contributed by atoms with Gasteiger partial charge >= 0.3 is 0 Å². The van der Waals surface area contributed by atoms with Gasteiger partial charge in [0.2, 0.25) is 5.91 Å². The van der Waals surface area contributed by atoms with Crippen molar-refractivity contribution in [3.63, 3.8) is 0 Å². The molecule has 0 atom stereocenters. The van der Waals surface area contributed by atoms with Crippen molar-refractivity contribution in [3.05, 3.63) is 53.8 Å². The van der Waals surface area contributed by atoms with Gasteiger partial charge in [0.25, 0.3) is 0 Å². The van der Waals surface area contributed by atoms with E-state index in [0.717, 1.165) is 10.6 Å². The van der Waals surface area contributed by atoms with Crippen molar-refractivity contribution in [2.24, 2.45) is 0 Å². The van der Waals surface area contributed by atoms with Crippen LogP contribution < -0.4 is 5.32 Å². The molecule has 0 unspecified atom stereocenters. The second-order valence-electron chi connectivity index (χ2n) is 3.92. The maximum atomic E-state index is 12.8. The van der Waals surface area contributed by atoms with Crippen LogP contribution in [0.2, 0.25) is 0 Å². The van der Waals surface area contributed by atoms with Crippen molar-refractivity contribution in [2.45, 2.75) is 6.42 Å². The van der Waals surface area contributed by atoms with E-state index < -0.39 is 0 Å². The molecule has 0 bridgehead atoms. The average molecular weight is 276 g/mol. The summed E-state index contributed by atoms with van der Waals surface area (Å²) in [5.41, 5.74) is 1.56. The summed E-state index contributed by atoms with van der Waals surface area (Å²) in [4.78, 5) is 15.9. The number of nitrogens with one attached hydrogen (secondary N) is 1. The third kappa shape index (κ3) is 3.72. The number of halogens is 1. The number of thiazole rings is 1. The Labute approximate surface area is 114 Å². The number of carbonyl (C=O) groups is 1. The van der Waals surface area contributed by atoms with Crippen molar-refractivity contribution in [1.29, 1.82) is 0 Å². The van der Waals surface area contributed by atoms with Gasteiger partial charge in [-0.1, -0.05) is 6.08 Å². The average Bonchev–Trinajstić information content (AvgIpc) is 2.85. The number of amides is 1. The molecule has 0 spiro atoms. The summed E-state index contributed by atoms with van der Waals surface area (Å²) >= 11 is 1.44. The summed E-state index contributed by atoms with van der Waals surface area (Å²) in [7, 11) is 0. The second kappa shape index (κ2) is 6.24. The number of nitrogens with zero attached hydrogens (tertiary/aromatic N) is 1. The number of benzene rings is 1. The van der Waals surface area contributed by atoms with Gasteiger partial charge in [0.05, 0.1) is 12.1 Å². The molecule has 1 heterocycles. The molecule has 19 heavy (non-hydrogen) atoms. The molecule has 0 saturated carbocycles. The predicted molar refractivity (Wildman–Crippen MR) is 74.4 cm³/mol. The molecule has 1 aromatic heterocycles. The first-order chi connectivity index (χ1) is 9.19. The summed E-state index contributed by atoms with van der Waals surface area (Å²) in [5, 5.41) is 5.32. The summed E-state index contributed by atoms with van der Waals surface area (Å²) < 4.78 is 12.8. The third-order valence-electron chi connectivity index (χ3n) is 2.43. The monoisotopic (exact) mass is 276 g/mol. The summed E-state index contributed by atoms with van der Waals surface area (Å²) in [5.74, 6) is -0.361. The Kier molecular flexibility index (Phi) is 4.41. The molecule has 98 valence electrons. The van der Waals surface area contributed by atoms with E-state index in [1.807, 2.05) is 5.38 Å². The Balaban J connectivity index is 2.04. The van der Waals surface area contributed by atoms with Gasteiger partial charge < -0.3 is 5.32 Å². The molecule has 2 aromatic rings. The summed E-state index contributed by atoms with van der Waals surface area (Å²) in [6.07, 6.45) is 1.87. The van der Waals surface area contributed by atoms with Crippen LogP contribution in [0.25, 0.3) is 10.6 Å². The lowest BCUT2D eigenvalue weighted by Gasteiger charge is -1.99. The Morgan fingerprint density at radius 1 is 1.42 bits per heavy atom. The van der Waals surface area contributed by atoms with Gasteiger partial charge in [-0.3, -0.25) is 4.79 Å². The SMILES string of the molecule is C=CCNC(=O)Cc1csc(-c2ccc(F)cc2)n1. The van der Waals surface area contributed by atoms with E-state index in [0.29, 0.717) is 12.2 Å². The lowest BCUT2D eigenvalue weighted by Crippen LogP contribution is -2.25. The summed E-state index contributed by atoms with van der Waals surface area (Å²) in [6, 6.07) is 6.14. The zero-order valence-corrected chi connectivity index (χ0v) is 11.0.